The van der Waals surface area contributed by atoms with Crippen LogP contribution < -0.4 is 11.1 Å². The van der Waals surface area contributed by atoms with Gasteiger partial charge in [-0.25, -0.2) is 0 Å². The van der Waals surface area contributed by atoms with Crippen molar-refractivity contribution in [3.05, 3.63) is 0 Å². The molecule has 2 atom stereocenters. The van der Waals surface area contributed by atoms with Crippen molar-refractivity contribution in [2.24, 2.45) is 17.6 Å². The van der Waals surface area contributed by atoms with Gasteiger partial charge in [0.2, 0.25) is 5.91 Å². The van der Waals surface area contributed by atoms with E-state index in [0.29, 0.717) is 25.3 Å². The number of rotatable bonds is 7. The van der Waals surface area contributed by atoms with Gasteiger partial charge < -0.3 is 11.1 Å². The van der Waals surface area contributed by atoms with Gasteiger partial charge in [-0.1, -0.05) is 13.8 Å². The standard InChI is InChI=1S/C12H23N3O/c1-9(2)6-11(8-14)7-12(16)15-10(3)4-5-13/h9-11H,4,6-8,14H2,1-3H3,(H,15,16)/t10?,11-/m0/s1. The molecule has 4 nitrogen and oxygen atoms in total. The van der Waals surface area contributed by atoms with Gasteiger partial charge in [0.1, 0.15) is 0 Å². The molecule has 0 aliphatic heterocycles. The molecular weight excluding hydrogens is 202 g/mol. The van der Waals surface area contributed by atoms with Crippen LogP contribution in [-0.2, 0) is 4.79 Å². The molecule has 1 unspecified atom stereocenters. The first-order valence-electron chi connectivity index (χ1n) is 5.86. The Morgan fingerprint density at radius 3 is 2.50 bits per heavy atom. The minimum atomic E-state index is -0.0741. The second-order valence-electron chi connectivity index (χ2n) is 4.77. The van der Waals surface area contributed by atoms with E-state index in [1.54, 1.807) is 0 Å². The van der Waals surface area contributed by atoms with Gasteiger partial charge >= 0.3 is 0 Å². The third kappa shape index (κ3) is 7.24. The number of hydrogen-bond acceptors (Lipinski definition) is 3. The minimum Gasteiger partial charge on any atom is -0.353 e. The van der Waals surface area contributed by atoms with Gasteiger partial charge in [0, 0.05) is 12.5 Å². The van der Waals surface area contributed by atoms with E-state index >= 15 is 0 Å². The van der Waals surface area contributed by atoms with Crippen LogP contribution in [0.15, 0.2) is 0 Å². The molecule has 0 heterocycles. The second kappa shape index (κ2) is 8.12. The average Bonchev–Trinajstić information content (AvgIpc) is 2.15. The summed E-state index contributed by atoms with van der Waals surface area (Å²) in [5.41, 5.74) is 5.63. The number of nitrogens with one attached hydrogen (secondary N) is 1. The van der Waals surface area contributed by atoms with Crippen LogP contribution >= 0.6 is 0 Å². The molecule has 0 aromatic heterocycles. The minimum absolute atomic E-state index is 0.00106. The van der Waals surface area contributed by atoms with E-state index in [1.807, 2.05) is 13.0 Å². The largest absolute Gasteiger partial charge is 0.353 e. The van der Waals surface area contributed by atoms with Crippen molar-refractivity contribution < 1.29 is 4.79 Å². The van der Waals surface area contributed by atoms with Crippen molar-refractivity contribution in [1.29, 1.82) is 5.26 Å². The van der Waals surface area contributed by atoms with Crippen molar-refractivity contribution in [2.45, 2.75) is 46.1 Å². The van der Waals surface area contributed by atoms with Gasteiger partial charge in [-0.2, -0.15) is 5.26 Å². The maximum atomic E-state index is 11.6. The third-order valence-electron chi connectivity index (χ3n) is 2.42. The van der Waals surface area contributed by atoms with Gasteiger partial charge in [0.05, 0.1) is 12.5 Å². The molecule has 0 aliphatic rings. The highest BCUT2D eigenvalue weighted by molar-refractivity contribution is 5.76. The molecule has 0 aliphatic carbocycles. The van der Waals surface area contributed by atoms with Crippen molar-refractivity contribution in [3.8, 4) is 6.07 Å². The Morgan fingerprint density at radius 1 is 1.44 bits per heavy atom. The number of hydrogen-bond donors (Lipinski definition) is 2. The van der Waals surface area contributed by atoms with E-state index in [2.05, 4.69) is 19.2 Å². The molecule has 4 heteroatoms. The summed E-state index contributed by atoms with van der Waals surface area (Å²) in [5, 5.41) is 11.3. The van der Waals surface area contributed by atoms with E-state index in [-0.39, 0.29) is 17.9 Å². The van der Waals surface area contributed by atoms with Gasteiger partial charge in [-0.3, -0.25) is 4.79 Å². The first-order chi connectivity index (χ1) is 7.49. The van der Waals surface area contributed by atoms with Gasteiger partial charge in [0.25, 0.3) is 0 Å². The number of carbonyl (C=O) groups is 1. The van der Waals surface area contributed by atoms with Crippen LogP contribution in [-0.4, -0.2) is 18.5 Å². The highest BCUT2D eigenvalue weighted by Crippen LogP contribution is 2.14. The molecule has 1 amide bonds. The van der Waals surface area contributed by atoms with Crippen molar-refractivity contribution >= 4 is 5.91 Å². The fourth-order valence-electron chi connectivity index (χ4n) is 1.71. The highest BCUT2D eigenvalue weighted by Gasteiger charge is 2.15. The molecule has 0 aromatic carbocycles. The van der Waals surface area contributed by atoms with Gasteiger partial charge in [-0.15, -0.1) is 0 Å². The number of amides is 1. The third-order valence-corrected chi connectivity index (χ3v) is 2.42. The predicted octanol–water partition coefficient (Wildman–Crippen LogP) is 1.42. The summed E-state index contributed by atoms with van der Waals surface area (Å²) in [6.45, 7) is 6.62. The SMILES string of the molecule is CC(C)C[C@H](CN)CC(=O)NC(C)CC#N. The van der Waals surface area contributed by atoms with E-state index in [4.69, 9.17) is 11.0 Å². The van der Waals surface area contributed by atoms with Crippen LogP contribution in [0, 0.1) is 23.2 Å². The molecule has 3 N–H and O–H groups in total. The van der Waals surface area contributed by atoms with Crippen LogP contribution in [0.5, 0.6) is 0 Å². The number of nitriles is 1. The zero-order valence-corrected chi connectivity index (χ0v) is 10.5. The van der Waals surface area contributed by atoms with E-state index < -0.39 is 0 Å². The molecule has 0 bridgehead atoms. The summed E-state index contributed by atoms with van der Waals surface area (Å²) in [6.07, 6.45) is 1.78. The van der Waals surface area contributed by atoms with Gasteiger partial charge in [-0.05, 0) is 31.7 Å². The lowest BCUT2D eigenvalue weighted by atomic mass is 9.94. The first kappa shape index (κ1) is 14.9. The Kier molecular flexibility index (Phi) is 7.57. The van der Waals surface area contributed by atoms with E-state index in [0.717, 1.165) is 6.42 Å². The molecule has 0 rings (SSSR count). The Balaban J connectivity index is 3.96. The summed E-state index contributed by atoms with van der Waals surface area (Å²) in [7, 11) is 0. The van der Waals surface area contributed by atoms with Crippen LogP contribution in [0.2, 0.25) is 0 Å². The fourth-order valence-corrected chi connectivity index (χ4v) is 1.71. The van der Waals surface area contributed by atoms with Crippen molar-refractivity contribution in [3.63, 3.8) is 0 Å². The van der Waals surface area contributed by atoms with Crippen LogP contribution in [0.1, 0.15) is 40.0 Å². The van der Waals surface area contributed by atoms with Gasteiger partial charge in [0.15, 0.2) is 0 Å². The monoisotopic (exact) mass is 225 g/mol. The Labute approximate surface area is 98.2 Å². The normalized spacial score (nSPS) is 14.2. The molecule has 0 aromatic rings. The summed E-state index contributed by atoms with van der Waals surface area (Å²) in [6, 6.07) is 1.96. The zero-order chi connectivity index (χ0) is 12.6. The topological polar surface area (TPSA) is 78.9 Å². The van der Waals surface area contributed by atoms with E-state index in [1.165, 1.54) is 0 Å². The molecule has 0 saturated carbocycles. The van der Waals surface area contributed by atoms with Crippen molar-refractivity contribution in [1.82, 2.24) is 5.32 Å². The maximum absolute atomic E-state index is 11.6. The van der Waals surface area contributed by atoms with Crippen molar-refractivity contribution in [2.75, 3.05) is 6.54 Å². The molecular formula is C12H23N3O. The molecule has 0 spiro atoms. The first-order valence-corrected chi connectivity index (χ1v) is 5.86. The molecule has 0 radical (unpaired) electrons. The molecule has 0 saturated heterocycles. The summed E-state index contributed by atoms with van der Waals surface area (Å²) in [4.78, 5) is 11.6. The zero-order valence-electron chi connectivity index (χ0n) is 10.5. The number of carbonyl (C=O) groups excluding carboxylic acids is 1. The smallest absolute Gasteiger partial charge is 0.220 e. The second-order valence-corrected chi connectivity index (χ2v) is 4.77. The van der Waals surface area contributed by atoms with Crippen LogP contribution in [0.4, 0.5) is 0 Å². The average molecular weight is 225 g/mol. The Morgan fingerprint density at radius 2 is 2.06 bits per heavy atom. The molecule has 92 valence electrons. The molecule has 0 fully saturated rings. The summed E-state index contributed by atoms with van der Waals surface area (Å²) in [5.74, 6) is 0.797. The number of nitrogens with zero attached hydrogens (tertiary/aromatic N) is 1. The predicted molar refractivity (Wildman–Crippen MR) is 64.5 cm³/mol. The quantitative estimate of drug-likeness (QED) is 0.687. The lowest BCUT2D eigenvalue weighted by molar-refractivity contribution is -0.122. The number of nitrogens with two attached hydrogens (primary N) is 1. The maximum Gasteiger partial charge on any atom is 0.220 e. The van der Waals surface area contributed by atoms with E-state index in [9.17, 15) is 4.79 Å². The van der Waals surface area contributed by atoms with Crippen LogP contribution in [0.3, 0.4) is 0 Å². The summed E-state index contributed by atoms with van der Waals surface area (Å²) < 4.78 is 0. The summed E-state index contributed by atoms with van der Waals surface area (Å²) >= 11 is 0. The fraction of sp³-hybridized carbons (Fsp3) is 0.833. The Bertz CT molecular complexity index is 245. The van der Waals surface area contributed by atoms with Crippen LogP contribution in [0.25, 0.3) is 0 Å². The lowest BCUT2D eigenvalue weighted by Crippen LogP contribution is -2.34. The Hall–Kier alpha value is -1.08. The molecule has 16 heavy (non-hydrogen) atoms. The highest BCUT2D eigenvalue weighted by atomic mass is 16.1. The lowest BCUT2D eigenvalue weighted by Gasteiger charge is -2.18.